The number of aryl methyl sites for hydroxylation is 3. The Kier molecular flexibility index (Phi) is 5.30. The van der Waals surface area contributed by atoms with Gasteiger partial charge in [-0.1, -0.05) is 6.92 Å². The van der Waals surface area contributed by atoms with Crippen LogP contribution in [0.1, 0.15) is 42.6 Å². The molecule has 4 heteroatoms. The van der Waals surface area contributed by atoms with E-state index in [1.54, 1.807) is 0 Å². The first-order valence-electron chi connectivity index (χ1n) is 7.32. The van der Waals surface area contributed by atoms with Crippen molar-refractivity contribution in [3.05, 3.63) is 47.5 Å². The molecule has 1 unspecified atom stereocenters. The van der Waals surface area contributed by atoms with Crippen LogP contribution >= 0.6 is 0 Å². The third kappa shape index (κ3) is 4.17. The van der Waals surface area contributed by atoms with E-state index in [4.69, 9.17) is 0 Å². The predicted molar refractivity (Wildman–Crippen MR) is 81.5 cm³/mol. The van der Waals surface area contributed by atoms with Gasteiger partial charge in [0, 0.05) is 31.2 Å². The van der Waals surface area contributed by atoms with Crippen molar-refractivity contribution >= 4 is 0 Å². The minimum absolute atomic E-state index is 0.386. The lowest BCUT2D eigenvalue weighted by molar-refractivity contribution is 0.498. The maximum absolute atomic E-state index is 4.28. The van der Waals surface area contributed by atoms with Crippen LogP contribution in [-0.2, 0) is 13.5 Å². The summed E-state index contributed by atoms with van der Waals surface area (Å²) < 4.78 is 1.86. The van der Waals surface area contributed by atoms with Crippen LogP contribution in [0.2, 0.25) is 0 Å². The Hall–Kier alpha value is -1.68. The molecule has 2 rings (SSSR count). The highest BCUT2D eigenvalue weighted by Gasteiger charge is 2.11. The van der Waals surface area contributed by atoms with Gasteiger partial charge in [0.25, 0.3) is 0 Å². The third-order valence-electron chi connectivity index (χ3n) is 3.44. The Bertz CT molecular complexity index is 533. The second kappa shape index (κ2) is 7.20. The number of hydrogen-bond donors (Lipinski definition) is 1. The van der Waals surface area contributed by atoms with E-state index >= 15 is 0 Å². The van der Waals surface area contributed by atoms with Crippen molar-refractivity contribution in [2.24, 2.45) is 7.05 Å². The van der Waals surface area contributed by atoms with Crippen LogP contribution < -0.4 is 5.32 Å². The van der Waals surface area contributed by atoms with E-state index in [0.717, 1.165) is 31.5 Å². The van der Waals surface area contributed by atoms with Crippen molar-refractivity contribution < 1.29 is 0 Å². The van der Waals surface area contributed by atoms with Gasteiger partial charge in [-0.2, -0.15) is 5.10 Å². The standard InChI is InChI=1S/C16H24N4/c1-4-8-18-16(15-7-9-17-13(2)10-15)6-5-14-11-19-20(3)12-14/h7,9-12,16,18H,4-6,8H2,1-3H3. The molecule has 0 aromatic carbocycles. The predicted octanol–water partition coefficient (Wildman–Crippen LogP) is 2.80. The van der Waals surface area contributed by atoms with Gasteiger partial charge in [0.15, 0.2) is 0 Å². The number of nitrogens with one attached hydrogen (secondary N) is 1. The van der Waals surface area contributed by atoms with Crippen molar-refractivity contribution in [1.82, 2.24) is 20.1 Å². The molecule has 2 aromatic rings. The van der Waals surface area contributed by atoms with Gasteiger partial charge in [0.1, 0.15) is 0 Å². The summed E-state index contributed by atoms with van der Waals surface area (Å²) in [5, 5.41) is 7.86. The zero-order valence-corrected chi connectivity index (χ0v) is 12.6. The van der Waals surface area contributed by atoms with Crippen LogP contribution in [0.5, 0.6) is 0 Å². The molecular formula is C16H24N4. The molecule has 2 heterocycles. The molecule has 0 saturated heterocycles. The van der Waals surface area contributed by atoms with Gasteiger partial charge in [-0.05, 0) is 56.0 Å². The molecule has 1 atom stereocenters. The van der Waals surface area contributed by atoms with Gasteiger partial charge >= 0.3 is 0 Å². The highest BCUT2D eigenvalue weighted by Crippen LogP contribution is 2.19. The molecule has 0 aliphatic heterocycles. The molecule has 108 valence electrons. The average molecular weight is 272 g/mol. The molecule has 0 aliphatic rings. The zero-order valence-electron chi connectivity index (χ0n) is 12.6. The van der Waals surface area contributed by atoms with Gasteiger partial charge in [0.05, 0.1) is 6.20 Å². The lowest BCUT2D eigenvalue weighted by atomic mass is 10.0. The van der Waals surface area contributed by atoms with Crippen molar-refractivity contribution in [3.8, 4) is 0 Å². The molecule has 0 amide bonds. The molecule has 20 heavy (non-hydrogen) atoms. The SMILES string of the molecule is CCCNC(CCc1cnn(C)c1)c1ccnc(C)c1. The van der Waals surface area contributed by atoms with E-state index < -0.39 is 0 Å². The monoisotopic (exact) mass is 272 g/mol. The van der Waals surface area contributed by atoms with Crippen molar-refractivity contribution in [3.63, 3.8) is 0 Å². The minimum atomic E-state index is 0.386. The fraction of sp³-hybridized carbons (Fsp3) is 0.500. The second-order valence-corrected chi connectivity index (χ2v) is 5.30. The van der Waals surface area contributed by atoms with Gasteiger partial charge in [-0.25, -0.2) is 0 Å². The lowest BCUT2D eigenvalue weighted by Gasteiger charge is -2.19. The third-order valence-corrected chi connectivity index (χ3v) is 3.44. The van der Waals surface area contributed by atoms with E-state index in [1.807, 2.05) is 31.0 Å². The number of hydrogen-bond acceptors (Lipinski definition) is 3. The first kappa shape index (κ1) is 14.7. The molecule has 2 aromatic heterocycles. The van der Waals surface area contributed by atoms with Crippen molar-refractivity contribution in [2.45, 2.75) is 39.2 Å². The maximum Gasteiger partial charge on any atom is 0.0521 e. The number of aromatic nitrogens is 3. The smallest absolute Gasteiger partial charge is 0.0521 e. The summed E-state index contributed by atoms with van der Waals surface area (Å²) in [5.74, 6) is 0. The molecule has 1 N–H and O–H groups in total. The molecular weight excluding hydrogens is 248 g/mol. The summed E-state index contributed by atoms with van der Waals surface area (Å²) in [5.41, 5.74) is 3.70. The van der Waals surface area contributed by atoms with Crippen molar-refractivity contribution in [2.75, 3.05) is 6.54 Å². The lowest BCUT2D eigenvalue weighted by Crippen LogP contribution is -2.22. The fourth-order valence-electron chi connectivity index (χ4n) is 2.40. The summed E-state index contributed by atoms with van der Waals surface area (Å²) in [6.45, 7) is 5.28. The van der Waals surface area contributed by atoms with Gasteiger partial charge < -0.3 is 5.32 Å². The largest absolute Gasteiger partial charge is 0.310 e. The Labute approximate surface area is 121 Å². The molecule has 4 nitrogen and oxygen atoms in total. The minimum Gasteiger partial charge on any atom is -0.310 e. The van der Waals surface area contributed by atoms with E-state index in [9.17, 15) is 0 Å². The van der Waals surface area contributed by atoms with E-state index in [1.165, 1.54) is 11.1 Å². The molecule has 0 saturated carbocycles. The van der Waals surface area contributed by atoms with E-state index in [-0.39, 0.29) is 0 Å². The highest BCUT2D eigenvalue weighted by molar-refractivity contribution is 5.20. The summed E-state index contributed by atoms with van der Waals surface area (Å²) in [6.07, 6.45) is 9.21. The van der Waals surface area contributed by atoms with E-state index in [0.29, 0.717) is 6.04 Å². The Balaban J connectivity index is 2.03. The maximum atomic E-state index is 4.28. The van der Waals surface area contributed by atoms with Gasteiger partial charge in [-0.3, -0.25) is 9.67 Å². The highest BCUT2D eigenvalue weighted by atomic mass is 15.2. The van der Waals surface area contributed by atoms with Gasteiger partial charge in [-0.15, -0.1) is 0 Å². The first-order valence-corrected chi connectivity index (χ1v) is 7.32. The number of nitrogens with zero attached hydrogens (tertiary/aromatic N) is 3. The quantitative estimate of drug-likeness (QED) is 0.843. The number of pyridine rings is 1. The van der Waals surface area contributed by atoms with Crippen LogP contribution in [0.3, 0.4) is 0 Å². The Morgan fingerprint density at radius 3 is 2.90 bits per heavy atom. The van der Waals surface area contributed by atoms with Crippen LogP contribution in [0.4, 0.5) is 0 Å². The summed E-state index contributed by atoms with van der Waals surface area (Å²) in [7, 11) is 1.96. The van der Waals surface area contributed by atoms with Crippen LogP contribution in [0.25, 0.3) is 0 Å². The summed E-state index contributed by atoms with van der Waals surface area (Å²) in [4.78, 5) is 4.28. The Morgan fingerprint density at radius 2 is 2.25 bits per heavy atom. The fourth-order valence-corrected chi connectivity index (χ4v) is 2.40. The van der Waals surface area contributed by atoms with Crippen LogP contribution in [0, 0.1) is 6.92 Å². The summed E-state index contributed by atoms with van der Waals surface area (Å²) in [6, 6.07) is 4.68. The molecule has 0 bridgehead atoms. The molecule has 0 spiro atoms. The Morgan fingerprint density at radius 1 is 1.40 bits per heavy atom. The number of rotatable bonds is 7. The topological polar surface area (TPSA) is 42.7 Å². The molecule has 0 aliphatic carbocycles. The molecule has 0 fully saturated rings. The summed E-state index contributed by atoms with van der Waals surface area (Å²) >= 11 is 0. The first-order chi connectivity index (χ1) is 9.69. The molecule has 0 radical (unpaired) electrons. The normalized spacial score (nSPS) is 12.6. The second-order valence-electron chi connectivity index (χ2n) is 5.30. The van der Waals surface area contributed by atoms with Gasteiger partial charge in [0.2, 0.25) is 0 Å². The average Bonchev–Trinajstić information content (AvgIpc) is 2.85. The van der Waals surface area contributed by atoms with Crippen LogP contribution in [0.15, 0.2) is 30.7 Å². The van der Waals surface area contributed by atoms with Crippen LogP contribution in [-0.4, -0.2) is 21.3 Å². The van der Waals surface area contributed by atoms with Crippen molar-refractivity contribution in [1.29, 1.82) is 0 Å². The van der Waals surface area contributed by atoms with E-state index in [2.05, 4.69) is 40.7 Å². The zero-order chi connectivity index (χ0) is 14.4.